The van der Waals surface area contributed by atoms with E-state index >= 15 is 0 Å². The zero-order chi connectivity index (χ0) is 19.1. The first-order valence-corrected chi connectivity index (χ1v) is 9.74. The smallest absolute Gasteiger partial charge is 0.410 e. The number of carbonyl (C=O) groups is 1. The van der Waals surface area contributed by atoms with Crippen molar-refractivity contribution in [3.05, 3.63) is 54.5 Å². The van der Waals surface area contributed by atoms with Gasteiger partial charge < -0.3 is 4.74 Å². The zero-order valence-corrected chi connectivity index (χ0v) is 15.9. The van der Waals surface area contributed by atoms with Crippen LogP contribution in [0.4, 0.5) is 4.79 Å². The summed E-state index contributed by atoms with van der Waals surface area (Å²) < 4.78 is 7.45. The Morgan fingerprint density at radius 3 is 2.86 bits per heavy atom. The fraction of sp³-hybridized carbons (Fsp3) is 0.381. The summed E-state index contributed by atoms with van der Waals surface area (Å²) in [7, 11) is 0. The van der Waals surface area contributed by atoms with Gasteiger partial charge in [-0.2, -0.15) is 0 Å². The molecule has 1 atom stereocenters. The Balaban J connectivity index is 1.51. The molecule has 1 unspecified atom stereocenters. The summed E-state index contributed by atoms with van der Waals surface area (Å²) in [4.78, 5) is 25.6. The molecule has 0 aliphatic carbocycles. The van der Waals surface area contributed by atoms with Crippen LogP contribution in [0.5, 0.6) is 0 Å². The molecular formula is C21H23N5O2. The second kappa shape index (κ2) is 6.60. The van der Waals surface area contributed by atoms with Gasteiger partial charge in [0.2, 0.25) is 5.78 Å². The van der Waals surface area contributed by atoms with Crippen LogP contribution >= 0.6 is 0 Å². The fourth-order valence-corrected chi connectivity index (χ4v) is 4.41. The van der Waals surface area contributed by atoms with Crippen molar-refractivity contribution in [1.82, 2.24) is 24.2 Å². The maximum absolute atomic E-state index is 12.1. The van der Waals surface area contributed by atoms with Crippen LogP contribution in [0, 0.1) is 0 Å². The third-order valence-electron chi connectivity index (χ3n) is 6.00. The van der Waals surface area contributed by atoms with Gasteiger partial charge in [-0.15, -0.1) is 0 Å². The second-order valence-electron chi connectivity index (χ2n) is 7.56. The molecule has 0 radical (unpaired) electrons. The van der Waals surface area contributed by atoms with Crippen molar-refractivity contribution in [2.75, 3.05) is 26.2 Å². The number of ether oxygens (including phenoxy) is 1. The highest BCUT2D eigenvalue weighted by molar-refractivity contribution is 5.71. The van der Waals surface area contributed by atoms with E-state index in [1.54, 1.807) is 6.20 Å². The van der Waals surface area contributed by atoms with Crippen molar-refractivity contribution in [1.29, 1.82) is 0 Å². The van der Waals surface area contributed by atoms with E-state index in [4.69, 9.17) is 9.72 Å². The molecule has 2 fully saturated rings. The predicted molar refractivity (Wildman–Crippen MR) is 105 cm³/mol. The van der Waals surface area contributed by atoms with Crippen LogP contribution in [0.2, 0.25) is 0 Å². The number of imidazole rings is 1. The fourth-order valence-electron chi connectivity index (χ4n) is 4.41. The van der Waals surface area contributed by atoms with Crippen LogP contribution in [0.3, 0.4) is 0 Å². The van der Waals surface area contributed by atoms with Crippen LogP contribution in [-0.2, 0) is 11.3 Å². The molecule has 3 aromatic rings. The minimum Gasteiger partial charge on any atom is -0.447 e. The summed E-state index contributed by atoms with van der Waals surface area (Å²) in [5.41, 5.74) is 2.96. The highest BCUT2D eigenvalue weighted by Gasteiger charge is 2.49. The summed E-state index contributed by atoms with van der Waals surface area (Å²) in [6.07, 6.45) is 4.50. The molecule has 2 aromatic heterocycles. The van der Waals surface area contributed by atoms with E-state index in [2.05, 4.69) is 33.3 Å². The van der Waals surface area contributed by atoms with Crippen molar-refractivity contribution in [3.63, 3.8) is 0 Å². The van der Waals surface area contributed by atoms with Crippen molar-refractivity contribution in [2.45, 2.75) is 25.4 Å². The third kappa shape index (κ3) is 2.65. The lowest BCUT2D eigenvalue weighted by Crippen LogP contribution is -2.60. The first kappa shape index (κ1) is 17.2. The molecule has 1 aromatic carbocycles. The zero-order valence-electron chi connectivity index (χ0n) is 15.9. The Labute approximate surface area is 163 Å². The molecule has 0 spiro atoms. The Kier molecular flexibility index (Phi) is 4.05. The molecule has 0 saturated carbocycles. The number of nitrogens with zero attached hydrogens (tertiary/aromatic N) is 5. The molecule has 7 heteroatoms. The van der Waals surface area contributed by atoms with E-state index in [1.165, 1.54) is 0 Å². The molecule has 28 heavy (non-hydrogen) atoms. The lowest BCUT2D eigenvalue weighted by Gasteiger charge is -2.44. The quantitative estimate of drug-likeness (QED) is 0.700. The lowest BCUT2D eigenvalue weighted by molar-refractivity contribution is 0.0443. The van der Waals surface area contributed by atoms with E-state index in [0.717, 1.165) is 43.0 Å². The SMILES string of the molecule is CCC12COC(=O)N1CCN(Cc1c(-c3ccccc3)nc3ncccn13)C2. The molecule has 2 saturated heterocycles. The van der Waals surface area contributed by atoms with Crippen molar-refractivity contribution in [3.8, 4) is 11.3 Å². The van der Waals surface area contributed by atoms with Gasteiger partial charge in [-0.1, -0.05) is 37.3 Å². The van der Waals surface area contributed by atoms with Crippen molar-refractivity contribution >= 4 is 11.9 Å². The van der Waals surface area contributed by atoms with Gasteiger partial charge in [-0.25, -0.2) is 14.8 Å². The monoisotopic (exact) mass is 377 g/mol. The number of cyclic esters (lactones) is 1. The van der Waals surface area contributed by atoms with Gasteiger partial charge in [-0.3, -0.25) is 14.2 Å². The minimum absolute atomic E-state index is 0.175. The molecule has 144 valence electrons. The van der Waals surface area contributed by atoms with Crippen LogP contribution in [0.1, 0.15) is 19.0 Å². The molecular weight excluding hydrogens is 354 g/mol. The minimum atomic E-state index is -0.221. The highest BCUT2D eigenvalue weighted by Crippen LogP contribution is 2.33. The summed E-state index contributed by atoms with van der Waals surface area (Å²) >= 11 is 0. The van der Waals surface area contributed by atoms with Gasteiger partial charge in [0.1, 0.15) is 6.61 Å². The maximum Gasteiger partial charge on any atom is 0.410 e. The molecule has 0 bridgehead atoms. The van der Waals surface area contributed by atoms with Crippen LogP contribution in [0.25, 0.3) is 17.0 Å². The topological polar surface area (TPSA) is 63.0 Å². The standard InChI is InChI=1S/C21H23N5O2/c1-2-21-14-24(11-12-26(21)20(27)28-15-21)13-17-18(16-7-4-3-5-8-16)23-19-22-9-6-10-25(17)19/h3-10H,2,11-15H2,1H3. The van der Waals surface area contributed by atoms with Gasteiger partial charge in [0.25, 0.3) is 0 Å². The van der Waals surface area contributed by atoms with Crippen LogP contribution in [-0.4, -0.2) is 62.0 Å². The van der Waals surface area contributed by atoms with Crippen LogP contribution in [0.15, 0.2) is 48.8 Å². The number of hydrogen-bond acceptors (Lipinski definition) is 5. The van der Waals surface area contributed by atoms with E-state index in [0.29, 0.717) is 18.9 Å². The molecule has 5 rings (SSSR count). The average molecular weight is 377 g/mol. The largest absolute Gasteiger partial charge is 0.447 e. The molecule has 1 amide bonds. The molecule has 2 aliphatic rings. The number of amides is 1. The maximum atomic E-state index is 12.1. The van der Waals surface area contributed by atoms with Gasteiger partial charge in [-0.05, 0) is 12.5 Å². The Morgan fingerprint density at radius 1 is 1.18 bits per heavy atom. The number of aromatic nitrogens is 3. The summed E-state index contributed by atoms with van der Waals surface area (Å²) in [6, 6.07) is 12.2. The summed E-state index contributed by atoms with van der Waals surface area (Å²) in [6.45, 7) is 5.67. The van der Waals surface area contributed by atoms with Crippen molar-refractivity contribution in [2.24, 2.45) is 0 Å². The van der Waals surface area contributed by atoms with E-state index in [-0.39, 0.29) is 11.6 Å². The van der Waals surface area contributed by atoms with Gasteiger partial charge in [0.05, 0.1) is 16.9 Å². The predicted octanol–water partition coefficient (Wildman–Crippen LogP) is 2.81. The van der Waals surface area contributed by atoms with Gasteiger partial charge in [0, 0.05) is 44.1 Å². The number of piperazine rings is 1. The molecule has 4 heterocycles. The first-order valence-electron chi connectivity index (χ1n) is 9.74. The van der Waals surface area contributed by atoms with E-state index in [1.807, 2.05) is 35.4 Å². The molecule has 2 aliphatic heterocycles. The number of hydrogen-bond donors (Lipinski definition) is 0. The second-order valence-corrected chi connectivity index (χ2v) is 7.56. The Hall–Kier alpha value is -2.93. The number of fused-ring (bicyclic) bond motifs is 2. The number of benzene rings is 1. The summed E-state index contributed by atoms with van der Waals surface area (Å²) in [5, 5.41) is 0. The number of carbonyl (C=O) groups excluding carboxylic acids is 1. The van der Waals surface area contributed by atoms with Crippen LogP contribution < -0.4 is 0 Å². The normalized spacial score (nSPS) is 22.5. The highest BCUT2D eigenvalue weighted by atomic mass is 16.6. The van der Waals surface area contributed by atoms with Gasteiger partial charge in [0.15, 0.2) is 0 Å². The summed E-state index contributed by atoms with van der Waals surface area (Å²) in [5.74, 6) is 0.708. The van der Waals surface area contributed by atoms with Crippen molar-refractivity contribution < 1.29 is 9.53 Å². The Morgan fingerprint density at radius 2 is 2.04 bits per heavy atom. The number of rotatable bonds is 4. The van der Waals surface area contributed by atoms with E-state index < -0.39 is 0 Å². The van der Waals surface area contributed by atoms with Gasteiger partial charge >= 0.3 is 6.09 Å². The molecule has 7 nitrogen and oxygen atoms in total. The Bertz CT molecular complexity index is 1020. The average Bonchev–Trinajstić information content (AvgIpc) is 3.27. The lowest BCUT2D eigenvalue weighted by atomic mass is 9.92. The third-order valence-corrected chi connectivity index (χ3v) is 6.00. The van der Waals surface area contributed by atoms with E-state index in [9.17, 15) is 4.79 Å². The first-order chi connectivity index (χ1) is 13.7. The molecule has 0 N–H and O–H groups in total.